The highest BCUT2D eigenvalue weighted by Crippen LogP contribution is 2.46. The summed E-state index contributed by atoms with van der Waals surface area (Å²) in [4.78, 5) is 87.4. The molecule has 354 valence electrons. The highest BCUT2D eigenvalue weighted by atomic mass is 19.1. The maximum atomic E-state index is 17.2. The third kappa shape index (κ3) is 8.11. The number of imide groups is 1. The summed E-state index contributed by atoms with van der Waals surface area (Å²) in [5.41, 5.74) is 5.49. The molecule has 69 heavy (non-hydrogen) atoms. The van der Waals surface area contributed by atoms with Crippen LogP contribution in [0.15, 0.2) is 79.3 Å². The van der Waals surface area contributed by atoms with Gasteiger partial charge in [0.05, 0.1) is 28.6 Å². The van der Waals surface area contributed by atoms with Gasteiger partial charge in [0.2, 0.25) is 23.6 Å². The second-order valence-electron chi connectivity index (χ2n) is 18.7. The number of piperidine rings is 2. The number of fused-ring (bicyclic) bond motifs is 2. The monoisotopic (exact) mass is 933 g/mol. The molecule has 1 atom stereocenters. The molecule has 6 aromatic rings. The summed E-state index contributed by atoms with van der Waals surface area (Å²) < 4.78 is 20.6. The van der Waals surface area contributed by atoms with Crippen LogP contribution in [0.4, 0.5) is 21.5 Å². The first-order valence-corrected chi connectivity index (χ1v) is 23.4. The number of aromatic nitrogens is 5. The second kappa shape index (κ2) is 17.8. The number of carbonyl (C=O) groups is 6. The van der Waals surface area contributed by atoms with Gasteiger partial charge in [-0.3, -0.25) is 53.3 Å². The number of amides is 6. The van der Waals surface area contributed by atoms with Crippen molar-refractivity contribution in [3.8, 4) is 22.3 Å². The van der Waals surface area contributed by atoms with Crippen LogP contribution in [0, 0.1) is 5.82 Å². The second-order valence-corrected chi connectivity index (χ2v) is 18.7. The summed E-state index contributed by atoms with van der Waals surface area (Å²) in [6.45, 7) is 6.81. The lowest BCUT2D eigenvalue weighted by Gasteiger charge is -2.32. The van der Waals surface area contributed by atoms with Crippen LogP contribution in [-0.4, -0.2) is 104 Å². The standard InChI is InChI=1S/C51H52FN11O6/c1-51(2)44-29(7-5-8-39(44)63(50(51)69)40-14-15-41(64)57-48(40)67)17-22-60-23-18-32(19-24-60)62-28-30(27-55-62)36-26-33(61-21-6-9-42(61)65)10-11-34(36)35-12-13-38-43(45(35)52)46(58-59(38)4)49(68)56-31-16-20-54-37(25-31)47(66)53-3/h5,7-8,10-13,16,20,25-28,32,40H,6,9,14-15,17-19,21-24H2,1-4H3,(H,53,66)(H,54,56,68)(H,57,64,67). The number of aryl methyl sites for hydroxylation is 1. The summed E-state index contributed by atoms with van der Waals surface area (Å²) in [5, 5.41) is 17.0. The van der Waals surface area contributed by atoms with Crippen LogP contribution in [0.3, 0.4) is 0 Å². The number of carbonyl (C=O) groups excluding carboxylic acids is 6. The minimum atomic E-state index is -0.832. The Kier molecular flexibility index (Phi) is 11.7. The fourth-order valence-electron chi connectivity index (χ4n) is 10.6. The summed E-state index contributed by atoms with van der Waals surface area (Å²) in [7, 11) is 3.12. The first-order valence-electron chi connectivity index (χ1n) is 23.4. The van der Waals surface area contributed by atoms with E-state index in [-0.39, 0.29) is 52.5 Å². The summed E-state index contributed by atoms with van der Waals surface area (Å²) >= 11 is 0. The zero-order chi connectivity index (χ0) is 48.3. The molecular weight excluding hydrogens is 882 g/mol. The lowest BCUT2D eigenvalue weighted by molar-refractivity contribution is -0.136. The molecule has 17 nitrogen and oxygen atoms in total. The molecule has 3 N–H and O–H groups in total. The molecule has 1 unspecified atom stereocenters. The van der Waals surface area contributed by atoms with Crippen LogP contribution in [0.5, 0.6) is 0 Å². The first kappa shape index (κ1) is 45.2. The number of nitrogens with one attached hydrogen (secondary N) is 3. The largest absolute Gasteiger partial charge is 0.354 e. The van der Waals surface area contributed by atoms with E-state index in [0.29, 0.717) is 47.4 Å². The van der Waals surface area contributed by atoms with Crippen LogP contribution in [0.2, 0.25) is 0 Å². The molecule has 6 amide bonds. The number of rotatable bonds is 11. The summed E-state index contributed by atoms with van der Waals surface area (Å²) in [6, 6.07) is 17.2. The van der Waals surface area contributed by atoms with Crippen LogP contribution in [-0.2, 0) is 38.1 Å². The Morgan fingerprint density at radius 1 is 0.913 bits per heavy atom. The third-order valence-electron chi connectivity index (χ3n) is 14.2. The van der Waals surface area contributed by atoms with Crippen molar-refractivity contribution in [3.05, 3.63) is 108 Å². The number of pyridine rings is 1. The average molecular weight is 934 g/mol. The Labute approximate surface area is 397 Å². The molecule has 18 heteroatoms. The number of hydrogen-bond donors (Lipinski definition) is 3. The van der Waals surface area contributed by atoms with E-state index in [1.165, 1.54) is 30.1 Å². The number of anilines is 3. The van der Waals surface area contributed by atoms with E-state index in [2.05, 4.69) is 37.0 Å². The Morgan fingerprint density at radius 2 is 1.71 bits per heavy atom. The minimum absolute atomic E-state index is 0.0226. The van der Waals surface area contributed by atoms with E-state index in [9.17, 15) is 28.8 Å². The van der Waals surface area contributed by atoms with Crippen molar-refractivity contribution in [2.24, 2.45) is 7.05 Å². The molecule has 0 radical (unpaired) electrons. The number of benzene rings is 3. The zero-order valence-corrected chi connectivity index (χ0v) is 38.8. The SMILES string of the molecule is CNC(=O)c1cc(NC(=O)c2nn(C)c3ccc(-c4ccc(N5CCCC5=O)cc4-c4cnn(C5CCN(CCc6cccc7c6C(C)(C)C(=O)N7C6CCC(=O)NC6=O)CC5)c4)c(F)c23)ccn1. The summed E-state index contributed by atoms with van der Waals surface area (Å²) in [5.74, 6) is -2.61. The van der Waals surface area contributed by atoms with E-state index in [1.807, 2.05) is 55.1 Å². The van der Waals surface area contributed by atoms with Gasteiger partial charge in [0.25, 0.3) is 11.8 Å². The van der Waals surface area contributed by atoms with Crippen molar-refractivity contribution in [2.45, 2.75) is 76.3 Å². The Hall–Kier alpha value is -7.60. The maximum absolute atomic E-state index is 17.2. The van der Waals surface area contributed by atoms with Gasteiger partial charge >= 0.3 is 0 Å². The van der Waals surface area contributed by atoms with E-state index in [4.69, 9.17) is 5.10 Å². The van der Waals surface area contributed by atoms with Gasteiger partial charge in [-0.1, -0.05) is 18.2 Å². The Bertz CT molecular complexity index is 3110. The lowest BCUT2D eigenvalue weighted by Crippen LogP contribution is -2.55. The van der Waals surface area contributed by atoms with E-state index < -0.39 is 35.0 Å². The van der Waals surface area contributed by atoms with Gasteiger partial charge in [-0.05, 0) is 111 Å². The molecule has 3 saturated heterocycles. The lowest BCUT2D eigenvalue weighted by atomic mass is 9.82. The van der Waals surface area contributed by atoms with Crippen molar-refractivity contribution >= 4 is 63.4 Å². The minimum Gasteiger partial charge on any atom is -0.354 e. The fraction of sp³-hybridized carbons (Fsp3) is 0.353. The number of likely N-dealkylation sites (tertiary alicyclic amines) is 1. The number of halogens is 1. The Balaban J connectivity index is 0.887. The van der Waals surface area contributed by atoms with E-state index >= 15 is 4.39 Å². The van der Waals surface area contributed by atoms with E-state index in [0.717, 1.165) is 67.7 Å². The molecule has 3 aromatic carbocycles. The smallest absolute Gasteiger partial charge is 0.276 e. The van der Waals surface area contributed by atoms with E-state index in [1.54, 1.807) is 35.2 Å². The van der Waals surface area contributed by atoms with Crippen LogP contribution < -0.4 is 25.8 Å². The predicted molar refractivity (Wildman–Crippen MR) is 256 cm³/mol. The predicted octanol–water partition coefficient (Wildman–Crippen LogP) is 5.69. The first-order chi connectivity index (χ1) is 33.2. The highest BCUT2D eigenvalue weighted by molar-refractivity contribution is 6.14. The summed E-state index contributed by atoms with van der Waals surface area (Å²) in [6.07, 6.45) is 9.21. The van der Waals surface area contributed by atoms with Gasteiger partial charge in [0.15, 0.2) is 5.69 Å². The van der Waals surface area contributed by atoms with Gasteiger partial charge in [-0.2, -0.15) is 10.2 Å². The Morgan fingerprint density at radius 3 is 2.46 bits per heavy atom. The molecule has 3 aromatic heterocycles. The highest BCUT2D eigenvalue weighted by Gasteiger charge is 2.50. The molecule has 0 spiro atoms. The normalized spacial score (nSPS) is 18.5. The fourth-order valence-corrected chi connectivity index (χ4v) is 10.6. The molecule has 3 fully saturated rings. The van der Waals surface area contributed by atoms with Crippen LogP contribution >= 0.6 is 0 Å². The third-order valence-corrected chi connectivity index (χ3v) is 14.2. The molecule has 7 heterocycles. The average Bonchev–Trinajstić information content (AvgIpc) is 4.14. The molecule has 10 rings (SSSR count). The molecular formula is C51H52FN11O6. The quantitative estimate of drug-likeness (QED) is 0.136. The van der Waals surface area contributed by atoms with Crippen molar-refractivity contribution < 1.29 is 33.2 Å². The van der Waals surface area contributed by atoms with Gasteiger partial charge in [0.1, 0.15) is 17.6 Å². The molecule has 0 aliphatic carbocycles. The van der Waals surface area contributed by atoms with Crippen LogP contribution in [0.25, 0.3) is 33.2 Å². The van der Waals surface area contributed by atoms with Gasteiger partial charge < -0.3 is 20.4 Å². The van der Waals surface area contributed by atoms with Gasteiger partial charge in [-0.25, -0.2) is 4.39 Å². The molecule has 0 saturated carbocycles. The number of nitrogens with zero attached hydrogens (tertiary/aromatic N) is 8. The van der Waals surface area contributed by atoms with Crippen molar-refractivity contribution in [3.63, 3.8) is 0 Å². The van der Waals surface area contributed by atoms with Gasteiger partial charge in [-0.15, -0.1) is 0 Å². The molecule has 0 bridgehead atoms. The maximum Gasteiger partial charge on any atom is 0.276 e. The van der Waals surface area contributed by atoms with Crippen molar-refractivity contribution in [1.29, 1.82) is 0 Å². The van der Waals surface area contributed by atoms with Crippen molar-refractivity contribution in [2.75, 3.05) is 48.3 Å². The number of hydrogen-bond acceptors (Lipinski definition) is 10. The zero-order valence-electron chi connectivity index (χ0n) is 38.8. The van der Waals surface area contributed by atoms with Crippen molar-refractivity contribution in [1.82, 2.24) is 40.1 Å². The van der Waals surface area contributed by atoms with Crippen LogP contribution in [0.1, 0.15) is 90.5 Å². The molecule has 4 aliphatic rings. The molecule has 4 aliphatic heterocycles. The van der Waals surface area contributed by atoms with Gasteiger partial charge in [0, 0.05) is 93.7 Å². The topological polar surface area (TPSA) is 197 Å².